The first-order chi connectivity index (χ1) is 7.74. The van der Waals surface area contributed by atoms with Gasteiger partial charge in [-0.25, -0.2) is 4.98 Å². The van der Waals surface area contributed by atoms with Crippen LogP contribution in [0.5, 0.6) is 0 Å². The Morgan fingerprint density at radius 2 is 2.00 bits per heavy atom. The number of aromatic amines is 1. The van der Waals surface area contributed by atoms with Crippen molar-refractivity contribution in [1.29, 1.82) is 0 Å². The number of hydrogen-bond donors (Lipinski definition) is 2. The Kier molecular flexibility index (Phi) is 3.53. The maximum atomic E-state index is 5.55. The van der Waals surface area contributed by atoms with Crippen molar-refractivity contribution in [2.75, 3.05) is 5.73 Å². The van der Waals surface area contributed by atoms with Crippen LogP contribution in [-0.4, -0.2) is 15.0 Å². The number of hydrogen-bond acceptors (Lipinski definition) is 5. The number of benzene rings is 1. The first kappa shape index (κ1) is 11.1. The molecular weight excluding hydrogens is 240 g/mol. The summed E-state index contributed by atoms with van der Waals surface area (Å²) in [7, 11) is 0. The van der Waals surface area contributed by atoms with Gasteiger partial charge in [-0.05, 0) is 24.4 Å². The predicted octanol–water partition coefficient (Wildman–Crippen LogP) is 2.41. The lowest BCUT2D eigenvalue weighted by Gasteiger charge is -2.02. The van der Waals surface area contributed by atoms with Gasteiger partial charge in [-0.15, -0.1) is 11.8 Å². The Labute approximate surface area is 102 Å². The molecule has 4 nitrogen and oxygen atoms in total. The standard InChI is InChI=1S/C10H10N4S2/c11-9-12-8(13-10(15)14-9)6-16-7-4-2-1-3-5-7/h1-5H,6H2,(H3,11,12,13,14,15). The van der Waals surface area contributed by atoms with Crippen LogP contribution in [0.1, 0.15) is 5.82 Å². The van der Waals surface area contributed by atoms with Crippen LogP contribution in [0.25, 0.3) is 0 Å². The van der Waals surface area contributed by atoms with Gasteiger partial charge in [0.05, 0.1) is 5.75 Å². The number of nitrogens with zero attached hydrogens (tertiary/aromatic N) is 2. The van der Waals surface area contributed by atoms with E-state index in [0.717, 1.165) is 5.82 Å². The van der Waals surface area contributed by atoms with E-state index >= 15 is 0 Å². The van der Waals surface area contributed by atoms with Gasteiger partial charge in [0, 0.05) is 4.90 Å². The van der Waals surface area contributed by atoms with E-state index in [-0.39, 0.29) is 4.77 Å². The van der Waals surface area contributed by atoms with Crippen molar-refractivity contribution in [3.05, 3.63) is 40.9 Å². The minimum Gasteiger partial charge on any atom is -0.369 e. The molecule has 0 saturated carbocycles. The number of H-pyrrole nitrogens is 1. The van der Waals surface area contributed by atoms with Gasteiger partial charge in [0.25, 0.3) is 0 Å². The first-order valence-corrected chi connectivity index (χ1v) is 6.04. The maximum absolute atomic E-state index is 5.55. The monoisotopic (exact) mass is 250 g/mol. The zero-order valence-electron chi connectivity index (χ0n) is 8.38. The molecule has 1 aromatic carbocycles. The van der Waals surface area contributed by atoms with Crippen LogP contribution < -0.4 is 5.73 Å². The smallest absolute Gasteiger partial charge is 0.224 e. The quantitative estimate of drug-likeness (QED) is 0.647. The van der Waals surface area contributed by atoms with Crippen LogP contribution in [0.2, 0.25) is 0 Å². The fourth-order valence-corrected chi connectivity index (χ4v) is 2.18. The molecule has 16 heavy (non-hydrogen) atoms. The van der Waals surface area contributed by atoms with Gasteiger partial charge in [-0.1, -0.05) is 18.2 Å². The normalized spacial score (nSPS) is 10.2. The topological polar surface area (TPSA) is 67.6 Å². The Morgan fingerprint density at radius 1 is 1.25 bits per heavy atom. The molecule has 0 aliphatic rings. The molecule has 3 N–H and O–H groups in total. The molecule has 2 rings (SSSR count). The molecule has 82 valence electrons. The first-order valence-electron chi connectivity index (χ1n) is 4.64. The molecule has 1 heterocycles. The number of aromatic nitrogens is 3. The molecule has 2 aromatic rings. The van der Waals surface area contributed by atoms with Crippen LogP contribution in [0.3, 0.4) is 0 Å². The summed E-state index contributed by atoms with van der Waals surface area (Å²) in [4.78, 5) is 12.0. The summed E-state index contributed by atoms with van der Waals surface area (Å²) in [6.45, 7) is 0. The molecule has 6 heteroatoms. The molecule has 0 spiro atoms. The summed E-state index contributed by atoms with van der Waals surface area (Å²) in [6.07, 6.45) is 0. The minimum atomic E-state index is 0.278. The van der Waals surface area contributed by atoms with Crippen LogP contribution in [0.15, 0.2) is 35.2 Å². The second kappa shape index (κ2) is 5.09. The number of nitrogen functional groups attached to an aromatic ring is 1. The van der Waals surface area contributed by atoms with Gasteiger partial charge < -0.3 is 10.7 Å². The highest BCUT2D eigenvalue weighted by Gasteiger charge is 1.99. The number of rotatable bonds is 3. The SMILES string of the molecule is Nc1nc(=S)nc(CSc2ccccc2)[nH]1. The van der Waals surface area contributed by atoms with Crippen LogP contribution in [0, 0.1) is 4.77 Å². The second-order valence-corrected chi connectivity index (χ2v) is 4.48. The van der Waals surface area contributed by atoms with E-state index in [2.05, 4.69) is 15.0 Å². The van der Waals surface area contributed by atoms with Crippen LogP contribution in [-0.2, 0) is 5.75 Å². The van der Waals surface area contributed by atoms with E-state index < -0.39 is 0 Å². The van der Waals surface area contributed by atoms with E-state index in [4.69, 9.17) is 18.0 Å². The van der Waals surface area contributed by atoms with Gasteiger partial charge in [-0.3, -0.25) is 0 Å². The fourth-order valence-electron chi connectivity index (χ4n) is 1.18. The maximum Gasteiger partial charge on any atom is 0.224 e. The molecule has 0 radical (unpaired) electrons. The van der Waals surface area contributed by atoms with Gasteiger partial charge in [0.15, 0.2) is 0 Å². The van der Waals surface area contributed by atoms with E-state index in [9.17, 15) is 0 Å². The summed E-state index contributed by atoms with van der Waals surface area (Å²) in [5.41, 5.74) is 5.55. The molecule has 0 saturated heterocycles. The van der Waals surface area contributed by atoms with E-state index in [1.54, 1.807) is 11.8 Å². The molecule has 0 aliphatic heterocycles. The van der Waals surface area contributed by atoms with Crippen molar-refractivity contribution in [2.45, 2.75) is 10.6 Å². The highest BCUT2D eigenvalue weighted by Crippen LogP contribution is 2.20. The third-order valence-corrected chi connectivity index (χ3v) is 3.04. The van der Waals surface area contributed by atoms with Crippen molar-refractivity contribution in [3.63, 3.8) is 0 Å². The molecule has 0 amide bonds. The van der Waals surface area contributed by atoms with Crippen LogP contribution in [0.4, 0.5) is 5.95 Å². The average Bonchev–Trinajstić information content (AvgIpc) is 2.27. The van der Waals surface area contributed by atoms with Crippen molar-refractivity contribution in [3.8, 4) is 0 Å². The largest absolute Gasteiger partial charge is 0.369 e. The van der Waals surface area contributed by atoms with Crippen LogP contribution >= 0.6 is 24.0 Å². The Bertz CT molecular complexity index is 524. The zero-order chi connectivity index (χ0) is 11.4. The Hall–Kier alpha value is -1.40. The number of nitrogens with two attached hydrogens (primary N) is 1. The molecule has 0 bridgehead atoms. The average molecular weight is 250 g/mol. The van der Waals surface area contributed by atoms with E-state index in [1.807, 2.05) is 30.3 Å². The third kappa shape index (κ3) is 3.04. The summed E-state index contributed by atoms with van der Waals surface area (Å²) in [5, 5.41) is 0. The molecule has 1 aromatic heterocycles. The molecular formula is C10H10N4S2. The van der Waals surface area contributed by atoms with Crippen molar-refractivity contribution < 1.29 is 0 Å². The number of anilines is 1. The van der Waals surface area contributed by atoms with Gasteiger partial charge >= 0.3 is 0 Å². The lowest BCUT2D eigenvalue weighted by atomic mass is 10.4. The minimum absolute atomic E-state index is 0.278. The molecule has 0 unspecified atom stereocenters. The number of thioether (sulfide) groups is 1. The summed E-state index contributed by atoms with van der Waals surface area (Å²) in [5.74, 6) is 1.75. The molecule has 0 fully saturated rings. The Morgan fingerprint density at radius 3 is 2.69 bits per heavy atom. The highest BCUT2D eigenvalue weighted by molar-refractivity contribution is 7.98. The van der Waals surface area contributed by atoms with Gasteiger partial charge in [-0.2, -0.15) is 4.98 Å². The predicted molar refractivity (Wildman–Crippen MR) is 67.6 cm³/mol. The zero-order valence-corrected chi connectivity index (χ0v) is 10.0. The second-order valence-electron chi connectivity index (χ2n) is 3.06. The van der Waals surface area contributed by atoms with Gasteiger partial charge in [0.2, 0.25) is 10.7 Å². The highest BCUT2D eigenvalue weighted by atomic mass is 32.2. The third-order valence-electron chi connectivity index (χ3n) is 1.84. The number of nitrogens with one attached hydrogen (secondary N) is 1. The van der Waals surface area contributed by atoms with Crippen molar-refractivity contribution in [1.82, 2.24) is 15.0 Å². The molecule has 0 atom stereocenters. The van der Waals surface area contributed by atoms with Crippen molar-refractivity contribution in [2.24, 2.45) is 0 Å². The van der Waals surface area contributed by atoms with E-state index in [0.29, 0.717) is 11.7 Å². The lowest BCUT2D eigenvalue weighted by Crippen LogP contribution is -2.01. The molecule has 0 aliphatic carbocycles. The van der Waals surface area contributed by atoms with E-state index in [1.165, 1.54) is 4.90 Å². The van der Waals surface area contributed by atoms with Crippen molar-refractivity contribution >= 4 is 29.9 Å². The van der Waals surface area contributed by atoms with Gasteiger partial charge in [0.1, 0.15) is 5.82 Å². The summed E-state index contributed by atoms with van der Waals surface area (Å²) < 4.78 is 0.278. The summed E-state index contributed by atoms with van der Waals surface area (Å²) in [6, 6.07) is 10.1. The Balaban J connectivity index is 2.08. The lowest BCUT2D eigenvalue weighted by molar-refractivity contribution is 0.958. The fraction of sp³-hybridized carbons (Fsp3) is 0.100. The summed E-state index contributed by atoms with van der Waals surface area (Å²) >= 11 is 6.55.